The van der Waals surface area contributed by atoms with Crippen LogP contribution in [0.1, 0.15) is 44.9 Å². The molecule has 0 radical (unpaired) electrons. The summed E-state index contributed by atoms with van der Waals surface area (Å²) in [6, 6.07) is 0.716. The summed E-state index contributed by atoms with van der Waals surface area (Å²) in [5.41, 5.74) is 5.02. The molecule has 0 aromatic heterocycles. The molecule has 1 heterocycles. The standard InChI is InChI=1S/C12H24N2O/c13-9-12(15)7-8-14(10-12)11-5-3-1-2-4-6-11/h11,15H,1-10,13H2. The molecule has 1 saturated heterocycles. The first kappa shape index (κ1) is 11.4. The number of rotatable bonds is 2. The Labute approximate surface area is 92.6 Å². The predicted molar refractivity (Wildman–Crippen MR) is 61.7 cm³/mol. The van der Waals surface area contributed by atoms with Gasteiger partial charge in [0.05, 0.1) is 5.60 Å². The molecule has 0 aromatic rings. The van der Waals surface area contributed by atoms with Crippen LogP contribution in [0.2, 0.25) is 0 Å². The zero-order valence-corrected chi connectivity index (χ0v) is 9.62. The van der Waals surface area contributed by atoms with E-state index in [9.17, 15) is 5.11 Å². The number of nitrogens with two attached hydrogens (primary N) is 1. The largest absolute Gasteiger partial charge is 0.387 e. The van der Waals surface area contributed by atoms with E-state index in [0.717, 1.165) is 19.5 Å². The zero-order chi connectivity index (χ0) is 10.7. The highest BCUT2D eigenvalue weighted by Gasteiger charge is 2.37. The molecule has 1 unspecified atom stereocenters. The molecule has 15 heavy (non-hydrogen) atoms. The molecule has 1 atom stereocenters. The molecular formula is C12H24N2O. The van der Waals surface area contributed by atoms with E-state index in [4.69, 9.17) is 5.73 Å². The minimum atomic E-state index is -0.591. The Bertz CT molecular complexity index is 202. The first-order chi connectivity index (χ1) is 7.23. The van der Waals surface area contributed by atoms with Crippen LogP contribution in [0.5, 0.6) is 0 Å². The number of hydrogen-bond acceptors (Lipinski definition) is 3. The highest BCUT2D eigenvalue weighted by molar-refractivity contribution is 4.93. The van der Waals surface area contributed by atoms with Gasteiger partial charge in [-0.05, 0) is 19.3 Å². The van der Waals surface area contributed by atoms with Crippen LogP contribution in [0.15, 0.2) is 0 Å². The van der Waals surface area contributed by atoms with E-state index in [2.05, 4.69) is 4.90 Å². The minimum absolute atomic E-state index is 0.413. The van der Waals surface area contributed by atoms with Crippen LogP contribution >= 0.6 is 0 Å². The van der Waals surface area contributed by atoms with Crippen molar-refractivity contribution in [2.45, 2.75) is 56.6 Å². The summed E-state index contributed by atoms with van der Waals surface area (Å²) in [6.07, 6.45) is 9.02. The van der Waals surface area contributed by atoms with Gasteiger partial charge in [0, 0.05) is 25.7 Å². The molecule has 1 saturated carbocycles. The molecule has 3 nitrogen and oxygen atoms in total. The number of likely N-dealkylation sites (tertiary alicyclic amines) is 1. The van der Waals surface area contributed by atoms with Gasteiger partial charge >= 0.3 is 0 Å². The van der Waals surface area contributed by atoms with Crippen LogP contribution in [-0.4, -0.2) is 41.3 Å². The summed E-state index contributed by atoms with van der Waals surface area (Å²) < 4.78 is 0. The second-order valence-electron chi connectivity index (χ2n) is 5.29. The lowest BCUT2D eigenvalue weighted by molar-refractivity contribution is 0.0508. The summed E-state index contributed by atoms with van der Waals surface area (Å²) in [5, 5.41) is 10.1. The van der Waals surface area contributed by atoms with Crippen molar-refractivity contribution in [3.8, 4) is 0 Å². The molecule has 2 fully saturated rings. The SMILES string of the molecule is NCC1(O)CCN(C2CCCCCC2)C1. The second kappa shape index (κ2) is 4.81. The Morgan fingerprint density at radius 3 is 2.40 bits per heavy atom. The van der Waals surface area contributed by atoms with E-state index in [1.165, 1.54) is 38.5 Å². The molecule has 1 aliphatic carbocycles. The summed E-state index contributed by atoms with van der Waals surface area (Å²) in [6.45, 7) is 2.25. The maximum atomic E-state index is 10.1. The third-order valence-electron chi connectivity index (χ3n) is 4.08. The Hall–Kier alpha value is -0.120. The van der Waals surface area contributed by atoms with Crippen LogP contribution in [-0.2, 0) is 0 Å². The normalized spacial score (nSPS) is 35.6. The second-order valence-corrected chi connectivity index (χ2v) is 5.29. The number of β-amino-alcohol motifs (C(OH)–C–C–N with tert-alkyl or cyclic N) is 1. The van der Waals surface area contributed by atoms with Crippen molar-refractivity contribution in [1.82, 2.24) is 4.90 Å². The van der Waals surface area contributed by atoms with Crippen molar-refractivity contribution in [3.05, 3.63) is 0 Å². The molecular weight excluding hydrogens is 188 g/mol. The Morgan fingerprint density at radius 1 is 1.20 bits per heavy atom. The van der Waals surface area contributed by atoms with Gasteiger partial charge in [-0.2, -0.15) is 0 Å². The van der Waals surface area contributed by atoms with Gasteiger partial charge in [0.15, 0.2) is 0 Å². The summed E-state index contributed by atoms with van der Waals surface area (Å²) in [7, 11) is 0. The molecule has 0 amide bonds. The molecule has 88 valence electrons. The molecule has 3 heteroatoms. The predicted octanol–water partition coefficient (Wildman–Crippen LogP) is 1.10. The maximum absolute atomic E-state index is 10.1. The lowest BCUT2D eigenvalue weighted by Crippen LogP contribution is -2.42. The average molecular weight is 212 g/mol. The van der Waals surface area contributed by atoms with Crippen molar-refractivity contribution >= 4 is 0 Å². The molecule has 0 aromatic carbocycles. The lowest BCUT2D eigenvalue weighted by atomic mass is 10.0. The summed E-state index contributed by atoms with van der Waals surface area (Å²) in [4.78, 5) is 2.47. The van der Waals surface area contributed by atoms with Crippen LogP contribution in [0, 0.1) is 0 Å². The van der Waals surface area contributed by atoms with E-state index in [0.29, 0.717) is 12.6 Å². The fraction of sp³-hybridized carbons (Fsp3) is 1.00. The van der Waals surface area contributed by atoms with Gasteiger partial charge in [0.1, 0.15) is 0 Å². The van der Waals surface area contributed by atoms with Gasteiger partial charge in [-0.25, -0.2) is 0 Å². The van der Waals surface area contributed by atoms with E-state index in [-0.39, 0.29) is 0 Å². The Morgan fingerprint density at radius 2 is 1.87 bits per heavy atom. The van der Waals surface area contributed by atoms with Crippen LogP contribution < -0.4 is 5.73 Å². The van der Waals surface area contributed by atoms with Crippen LogP contribution in [0.25, 0.3) is 0 Å². The average Bonchev–Trinajstić information content (AvgIpc) is 2.50. The first-order valence-corrected chi connectivity index (χ1v) is 6.40. The van der Waals surface area contributed by atoms with Crippen molar-refractivity contribution in [2.24, 2.45) is 5.73 Å². The third kappa shape index (κ3) is 2.71. The molecule has 0 bridgehead atoms. The van der Waals surface area contributed by atoms with Gasteiger partial charge < -0.3 is 10.8 Å². The van der Waals surface area contributed by atoms with Gasteiger partial charge in [-0.15, -0.1) is 0 Å². The highest BCUT2D eigenvalue weighted by atomic mass is 16.3. The molecule has 2 aliphatic rings. The molecule has 2 rings (SSSR count). The molecule has 0 spiro atoms. The van der Waals surface area contributed by atoms with Crippen LogP contribution in [0.3, 0.4) is 0 Å². The van der Waals surface area contributed by atoms with Gasteiger partial charge in [0.2, 0.25) is 0 Å². The minimum Gasteiger partial charge on any atom is -0.387 e. The van der Waals surface area contributed by atoms with Crippen molar-refractivity contribution in [3.63, 3.8) is 0 Å². The van der Waals surface area contributed by atoms with Gasteiger partial charge in [-0.3, -0.25) is 4.90 Å². The van der Waals surface area contributed by atoms with Gasteiger partial charge in [0.25, 0.3) is 0 Å². The van der Waals surface area contributed by atoms with E-state index in [1.807, 2.05) is 0 Å². The smallest absolute Gasteiger partial charge is 0.0907 e. The monoisotopic (exact) mass is 212 g/mol. The van der Waals surface area contributed by atoms with E-state index < -0.39 is 5.60 Å². The summed E-state index contributed by atoms with van der Waals surface area (Å²) in [5.74, 6) is 0. The Kier molecular flexibility index (Phi) is 3.65. The number of aliphatic hydroxyl groups is 1. The Balaban J connectivity index is 1.88. The zero-order valence-electron chi connectivity index (χ0n) is 9.62. The van der Waals surface area contributed by atoms with Crippen molar-refractivity contribution in [2.75, 3.05) is 19.6 Å². The topological polar surface area (TPSA) is 49.5 Å². The summed E-state index contributed by atoms with van der Waals surface area (Å²) >= 11 is 0. The van der Waals surface area contributed by atoms with E-state index in [1.54, 1.807) is 0 Å². The highest BCUT2D eigenvalue weighted by Crippen LogP contribution is 2.28. The van der Waals surface area contributed by atoms with Crippen molar-refractivity contribution < 1.29 is 5.11 Å². The quantitative estimate of drug-likeness (QED) is 0.674. The van der Waals surface area contributed by atoms with Gasteiger partial charge in [-0.1, -0.05) is 25.7 Å². The van der Waals surface area contributed by atoms with Crippen LogP contribution in [0.4, 0.5) is 0 Å². The fourth-order valence-electron chi connectivity index (χ4n) is 2.99. The van der Waals surface area contributed by atoms with E-state index >= 15 is 0 Å². The maximum Gasteiger partial charge on any atom is 0.0907 e. The first-order valence-electron chi connectivity index (χ1n) is 6.40. The number of hydrogen-bond donors (Lipinski definition) is 2. The molecule has 3 N–H and O–H groups in total. The third-order valence-corrected chi connectivity index (χ3v) is 4.08. The van der Waals surface area contributed by atoms with Crippen molar-refractivity contribution in [1.29, 1.82) is 0 Å². The molecule has 1 aliphatic heterocycles. The lowest BCUT2D eigenvalue weighted by Gasteiger charge is -2.28. The fourth-order valence-corrected chi connectivity index (χ4v) is 2.99. The number of nitrogens with zero attached hydrogens (tertiary/aromatic N) is 1.